The lowest BCUT2D eigenvalue weighted by Crippen LogP contribution is -2.16. The van der Waals surface area contributed by atoms with Crippen molar-refractivity contribution in [1.29, 1.82) is 0 Å². The minimum absolute atomic E-state index is 0.122. The first kappa shape index (κ1) is 14.3. The maximum Gasteiger partial charge on any atom is 0.151 e. The quantitative estimate of drug-likeness (QED) is 0.638. The van der Waals surface area contributed by atoms with Gasteiger partial charge in [0.2, 0.25) is 0 Å². The summed E-state index contributed by atoms with van der Waals surface area (Å²) in [6.07, 6.45) is 3.76. The number of nitrogens with zero attached hydrogens (tertiary/aromatic N) is 3. The largest absolute Gasteiger partial charge is 0.300 e. The third kappa shape index (κ3) is 1.89. The second kappa shape index (κ2) is 4.96. The Morgan fingerprint density at radius 2 is 1.80 bits per heavy atom. The SMILES string of the molecule is Cc1cn2c3c(cccc13)C1=NCC=C1N=C2c1c(F)cccc1F. The molecule has 0 saturated carbocycles. The molecule has 0 aliphatic carbocycles. The molecule has 0 fully saturated rings. The van der Waals surface area contributed by atoms with Gasteiger partial charge in [-0.05, 0) is 30.7 Å². The van der Waals surface area contributed by atoms with Crippen LogP contribution in [-0.4, -0.2) is 22.7 Å². The fraction of sp³-hybridized carbons (Fsp3) is 0.100. The van der Waals surface area contributed by atoms with Crippen LogP contribution in [0, 0.1) is 18.6 Å². The summed E-state index contributed by atoms with van der Waals surface area (Å²) < 4.78 is 30.8. The van der Waals surface area contributed by atoms with Gasteiger partial charge in [0.25, 0.3) is 0 Å². The molecule has 0 spiro atoms. The summed E-state index contributed by atoms with van der Waals surface area (Å²) >= 11 is 0. The summed E-state index contributed by atoms with van der Waals surface area (Å²) in [6.45, 7) is 2.50. The van der Waals surface area contributed by atoms with Gasteiger partial charge in [-0.15, -0.1) is 0 Å². The molecular formula is C20H13F2N3. The second-order valence-electron chi connectivity index (χ2n) is 6.19. The molecule has 0 amide bonds. The van der Waals surface area contributed by atoms with Crippen LogP contribution in [0.25, 0.3) is 10.9 Å². The van der Waals surface area contributed by atoms with Crippen LogP contribution >= 0.6 is 0 Å². The highest BCUT2D eigenvalue weighted by atomic mass is 19.1. The maximum atomic E-state index is 14.5. The van der Waals surface area contributed by atoms with E-state index in [1.807, 2.05) is 37.4 Å². The first-order chi connectivity index (χ1) is 12.1. The van der Waals surface area contributed by atoms with Crippen molar-refractivity contribution in [3.63, 3.8) is 0 Å². The molecular weight excluding hydrogens is 320 g/mol. The Labute approximate surface area is 142 Å². The molecule has 0 bridgehead atoms. The fourth-order valence-corrected chi connectivity index (χ4v) is 3.59. The Morgan fingerprint density at radius 1 is 1.04 bits per heavy atom. The van der Waals surface area contributed by atoms with Gasteiger partial charge in [0, 0.05) is 17.1 Å². The van der Waals surface area contributed by atoms with Gasteiger partial charge in [0.15, 0.2) is 5.84 Å². The lowest BCUT2D eigenvalue weighted by atomic mass is 10.0. The minimum atomic E-state index is -0.630. The lowest BCUT2D eigenvalue weighted by Gasteiger charge is -2.11. The molecule has 3 nitrogen and oxygen atoms in total. The first-order valence-corrected chi connectivity index (χ1v) is 8.04. The summed E-state index contributed by atoms with van der Waals surface area (Å²) in [6, 6.07) is 9.82. The van der Waals surface area contributed by atoms with E-state index in [1.165, 1.54) is 18.2 Å². The molecule has 0 saturated heterocycles. The monoisotopic (exact) mass is 333 g/mol. The Balaban J connectivity index is 1.95. The molecule has 5 rings (SSSR count). The Bertz CT molecular complexity index is 1130. The highest BCUT2D eigenvalue weighted by Crippen LogP contribution is 2.32. The van der Waals surface area contributed by atoms with Gasteiger partial charge in [0.05, 0.1) is 29.0 Å². The van der Waals surface area contributed by atoms with Crippen LogP contribution in [-0.2, 0) is 0 Å². The van der Waals surface area contributed by atoms with E-state index in [-0.39, 0.29) is 11.4 Å². The van der Waals surface area contributed by atoms with Gasteiger partial charge in [-0.3, -0.25) is 9.56 Å². The zero-order valence-corrected chi connectivity index (χ0v) is 13.4. The lowest BCUT2D eigenvalue weighted by molar-refractivity contribution is 0.578. The van der Waals surface area contributed by atoms with Gasteiger partial charge in [-0.2, -0.15) is 0 Å². The molecule has 3 heterocycles. The number of hydrogen-bond donors (Lipinski definition) is 0. The van der Waals surface area contributed by atoms with E-state index in [9.17, 15) is 8.78 Å². The van der Waals surface area contributed by atoms with Crippen molar-refractivity contribution in [2.45, 2.75) is 6.92 Å². The predicted octanol–water partition coefficient (Wildman–Crippen LogP) is 4.22. The van der Waals surface area contributed by atoms with E-state index in [0.717, 1.165) is 27.7 Å². The molecule has 122 valence electrons. The highest BCUT2D eigenvalue weighted by molar-refractivity contribution is 6.24. The van der Waals surface area contributed by atoms with Gasteiger partial charge in [0.1, 0.15) is 11.6 Å². The van der Waals surface area contributed by atoms with Gasteiger partial charge in [-0.25, -0.2) is 13.8 Å². The summed E-state index contributed by atoms with van der Waals surface area (Å²) in [4.78, 5) is 9.15. The summed E-state index contributed by atoms with van der Waals surface area (Å²) in [7, 11) is 0. The molecule has 25 heavy (non-hydrogen) atoms. The van der Waals surface area contributed by atoms with Crippen molar-refractivity contribution < 1.29 is 8.78 Å². The van der Waals surface area contributed by atoms with Gasteiger partial charge < -0.3 is 0 Å². The predicted molar refractivity (Wildman–Crippen MR) is 94.5 cm³/mol. The molecule has 2 aromatic carbocycles. The van der Waals surface area contributed by atoms with Crippen molar-refractivity contribution in [3.8, 4) is 0 Å². The second-order valence-corrected chi connectivity index (χ2v) is 6.19. The number of halogens is 2. The number of para-hydroxylation sites is 1. The van der Waals surface area contributed by atoms with Crippen LogP contribution < -0.4 is 0 Å². The van der Waals surface area contributed by atoms with Crippen molar-refractivity contribution in [1.82, 2.24) is 4.57 Å². The molecule has 2 aliphatic heterocycles. The fourth-order valence-electron chi connectivity index (χ4n) is 3.59. The third-order valence-corrected chi connectivity index (χ3v) is 4.70. The number of benzene rings is 2. The molecule has 5 heteroatoms. The minimum Gasteiger partial charge on any atom is -0.300 e. The third-order valence-electron chi connectivity index (χ3n) is 4.70. The van der Waals surface area contributed by atoms with Crippen LogP contribution in [0.3, 0.4) is 0 Å². The molecule has 1 aromatic heterocycles. The number of allylic oxidation sites excluding steroid dienone is 1. The zero-order valence-electron chi connectivity index (χ0n) is 13.4. The first-order valence-electron chi connectivity index (χ1n) is 8.04. The molecule has 3 aromatic rings. The van der Waals surface area contributed by atoms with E-state index >= 15 is 0 Å². The van der Waals surface area contributed by atoms with Crippen molar-refractivity contribution in [2.24, 2.45) is 9.98 Å². The zero-order chi connectivity index (χ0) is 17.1. The average Bonchev–Trinajstić information content (AvgIpc) is 3.15. The normalized spacial score (nSPS) is 15.6. The van der Waals surface area contributed by atoms with Crippen LogP contribution in [0.15, 0.2) is 64.4 Å². The number of aromatic nitrogens is 1. The topological polar surface area (TPSA) is 29.6 Å². The van der Waals surface area contributed by atoms with E-state index in [1.54, 1.807) is 4.57 Å². The summed E-state index contributed by atoms with van der Waals surface area (Å²) in [5.74, 6) is -1.01. The number of rotatable bonds is 1. The van der Waals surface area contributed by atoms with Crippen molar-refractivity contribution in [3.05, 3.63) is 82.7 Å². The van der Waals surface area contributed by atoms with Gasteiger partial charge >= 0.3 is 0 Å². The molecule has 0 atom stereocenters. The summed E-state index contributed by atoms with van der Waals surface area (Å²) in [5, 5.41) is 1.03. The van der Waals surface area contributed by atoms with Crippen LogP contribution in [0.5, 0.6) is 0 Å². The van der Waals surface area contributed by atoms with Crippen molar-refractivity contribution >= 4 is 22.5 Å². The number of hydrogen-bond acceptors (Lipinski definition) is 2. The number of fused-ring (bicyclic) bond motifs is 2. The van der Waals surface area contributed by atoms with Gasteiger partial charge in [-0.1, -0.05) is 24.3 Å². The molecule has 2 aliphatic rings. The highest BCUT2D eigenvalue weighted by Gasteiger charge is 2.27. The standard InChI is InChI=1S/C20H13F2N3/c1-11-10-25-19-12(11)4-2-5-13(19)18-16(8-9-23-18)24-20(25)17-14(21)6-3-7-15(17)22/h2-8,10H,9H2,1H3. The van der Waals surface area contributed by atoms with Crippen LogP contribution in [0.1, 0.15) is 16.7 Å². The number of aryl methyl sites for hydroxylation is 1. The van der Waals surface area contributed by atoms with Crippen LogP contribution in [0.2, 0.25) is 0 Å². The smallest absolute Gasteiger partial charge is 0.151 e. The molecule has 0 radical (unpaired) electrons. The Kier molecular flexibility index (Phi) is 2.83. The molecule has 0 N–H and O–H groups in total. The Morgan fingerprint density at radius 3 is 2.60 bits per heavy atom. The molecule has 0 unspecified atom stereocenters. The maximum absolute atomic E-state index is 14.5. The number of aliphatic imine (C=N–C) groups is 2. The van der Waals surface area contributed by atoms with Crippen molar-refractivity contribution in [2.75, 3.05) is 6.54 Å². The van der Waals surface area contributed by atoms with E-state index in [2.05, 4.69) is 9.98 Å². The van der Waals surface area contributed by atoms with E-state index in [0.29, 0.717) is 12.2 Å². The van der Waals surface area contributed by atoms with E-state index in [4.69, 9.17) is 0 Å². The van der Waals surface area contributed by atoms with E-state index < -0.39 is 11.6 Å². The summed E-state index contributed by atoms with van der Waals surface area (Å²) in [5.41, 5.74) is 4.15. The van der Waals surface area contributed by atoms with Crippen LogP contribution in [0.4, 0.5) is 8.78 Å². The Hall–Kier alpha value is -3.08. The average molecular weight is 333 g/mol.